The van der Waals surface area contributed by atoms with Crippen LogP contribution in [0.4, 0.5) is 5.69 Å². The van der Waals surface area contributed by atoms with Gasteiger partial charge in [0, 0.05) is 23.7 Å². The van der Waals surface area contributed by atoms with Crippen molar-refractivity contribution in [2.75, 3.05) is 38.6 Å². The van der Waals surface area contributed by atoms with Crippen molar-refractivity contribution in [2.24, 2.45) is 4.99 Å². The summed E-state index contributed by atoms with van der Waals surface area (Å²) in [7, 11) is 4.25. The molecule has 24 heavy (non-hydrogen) atoms. The summed E-state index contributed by atoms with van der Waals surface area (Å²) in [6.45, 7) is 4.76. The summed E-state index contributed by atoms with van der Waals surface area (Å²) < 4.78 is 0. The molecule has 0 saturated carbocycles. The van der Waals surface area contributed by atoms with Crippen molar-refractivity contribution in [2.45, 2.75) is 19.4 Å². The minimum absolute atomic E-state index is 0.316. The Hall–Kier alpha value is -1.85. The van der Waals surface area contributed by atoms with E-state index in [1.54, 1.807) is 11.3 Å². The zero-order chi connectivity index (χ0) is 16.9. The van der Waals surface area contributed by atoms with E-state index in [1.165, 1.54) is 16.1 Å². The van der Waals surface area contributed by atoms with Gasteiger partial charge in [-0.2, -0.15) is 0 Å². The Kier molecular flexibility index (Phi) is 5.53. The number of fused-ring (bicyclic) bond motifs is 1. The van der Waals surface area contributed by atoms with Crippen LogP contribution in [-0.2, 0) is 6.42 Å². The lowest BCUT2D eigenvalue weighted by Gasteiger charge is -2.25. The number of thiophene rings is 1. The fraction of sp³-hybridized carbons (Fsp3) is 0.421. The number of benzene rings is 1. The number of guanidine groups is 1. The maximum Gasteiger partial charge on any atom is 0.198 e. The van der Waals surface area contributed by atoms with Crippen LogP contribution < -0.4 is 10.2 Å². The molecule has 1 aliphatic rings. The summed E-state index contributed by atoms with van der Waals surface area (Å²) in [5.41, 5.74) is 2.69. The smallest absolute Gasteiger partial charge is 0.198 e. The second-order valence-corrected chi connectivity index (χ2v) is 7.20. The molecule has 0 fully saturated rings. The molecule has 0 bridgehead atoms. The highest BCUT2D eigenvalue weighted by Gasteiger charge is 2.23. The lowest BCUT2D eigenvalue weighted by molar-refractivity contribution is 0.310. The zero-order valence-electron chi connectivity index (χ0n) is 14.7. The molecule has 128 valence electrons. The standard InChI is InChI=1S/C19H26N4S/c1-4-20-19(23-12-11-15-8-5-6-9-16(15)23)21-14-17(22(2)3)18-10-7-13-24-18/h5-10,13,17H,4,11-12,14H2,1-3H3,(H,20,21). The first-order valence-corrected chi connectivity index (χ1v) is 9.42. The molecule has 1 aromatic carbocycles. The Labute approximate surface area is 148 Å². The van der Waals surface area contributed by atoms with Crippen molar-refractivity contribution >= 4 is 23.0 Å². The number of anilines is 1. The summed E-state index contributed by atoms with van der Waals surface area (Å²) in [5.74, 6) is 0.992. The van der Waals surface area contributed by atoms with Crippen LogP contribution in [0, 0.1) is 0 Å². The van der Waals surface area contributed by atoms with Gasteiger partial charge in [-0.25, -0.2) is 0 Å². The molecule has 5 heteroatoms. The van der Waals surface area contributed by atoms with Crippen molar-refractivity contribution in [3.05, 3.63) is 52.2 Å². The largest absolute Gasteiger partial charge is 0.356 e. The van der Waals surface area contributed by atoms with Crippen LogP contribution in [0.2, 0.25) is 0 Å². The second-order valence-electron chi connectivity index (χ2n) is 6.22. The third kappa shape index (κ3) is 3.62. The predicted molar refractivity (Wildman–Crippen MR) is 104 cm³/mol. The third-order valence-corrected chi connectivity index (χ3v) is 5.36. The molecular formula is C19H26N4S. The summed E-state index contributed by atoms with van der Waals surface area (Å²) >= 11 is 1.80. The van der Waals surface area contributed by atoms with Gasteiger partial charge in [-0.3, -0.25) is 4.99 Å². The molecule has 1 aromatic heterocycles. The number of likely N-dealkylation sites (N-methyl/N-ethyl adjacent to an activating group) is 1. The normalized spacial score (nSPS) is 15.7. The summed E-state index contributed by atoms with van der Waals surface area (Å²) in [5, 5.41) is 5.60. The fourth-order valence-corrected chi connectivity index (χ4v) is 4.03. The molecule has 4 nitrogen and oxygen atoms in total. The first-order chi connectivity index (χ1) is 11.7. The molecule has 2 heterocycles. The van der Waals surface area contributed by atoms with Crippen molar-refractivity contribution in [3.8, 4) is 0 Å². The average molecular weight is 343 g/mol. The Bertz CT molecular complexity index is 678. The van der Waals surface area contributed by atoms with Crippen LogP contribution in [0.1, 0.15) is 23.4 Å². The highest BCUT2D eigenvalue weighted by atomic mass is 32.1. The number of nitrogens with one attached hydrogen (secondary N) is 1. The second kappa shape index (κ2) is 7.81. The lowest BCUT2D eigenvalue weighted by Crippen LogP contribution is -2.41. The monoisotopic (exact) mass is 342 g/mol. The highest BCUT2D eigenvalue weighted by molar-refractivity contribution is 7.10. The fourth-order valence-electron chi connectivity index (χ4n) is 3.11. The SMILES string of the molecule is CCNC(=NCC(c1cccs1)N(C)C)N1CCc2ccccc21. The quantitative estimate of drug-likeness (QED) is 0.667. The van der Waals surface area contributed by atoms with Gasteiger partial charge in [-0.05, 0) is 50.5 Å². The van der Waals surface area contributed by atoms with Crippen LogP contribution in [-0.4, -0.2) is 44.6 Å². The van der Waals surface area contributed by atoms with Gasteiger partial charge >= 0.3 is 0 Å². The molecule has 1 aliphatic heterocycles. The van der Waals surface area contributed by atoms with Crippen molar-refractivity contribution in [3.63, 3.8) is 0 Å². The minimum atomic E-state index is 0.316. The van der Waals surface area contributed by atoms with E-state index in [1.807, 2.05) is 0 Å². The Morgan fingerprint density at radius 1 is 1.29 bits per heavy atom. The number of nitrogens with zero attached hydrogens (tertiary/aromatic N) is 3. The summed E-state index contributed by atoms with van der Waals surface area (Å²) in [6.07, 6.45) is 1.09. The van der Waals surface area contributed by atoms with Crippen LogP contribution >= 0.6 is 11.3 Å². The van der Waals surface area contributed by atoms with Crippen molar-refractivity contribution in [1.29, 1.82) is 0 Å². The third-order valence-electron chi connectivity index (χ3n) is 4.39. The molecule has 1 atom stereocenters. The molecule has 3 rings (SSSR count). The number of rotatable bonds is 5. The Morgan fingerprint density at radius 3 is 2.83 bits per heavy atom. The molecule has 0 aliphatic carbocycles. The summed E-state index contributed by atoms with van der Waals surface area (Å²) in [4.78, 5) is 10.9. The van der Waals surface area contributed by atoms with E-state index in [2.05, 4.69) is 77.9 Å². The van der Waals surface area contributed by atoms with Crippen molar-refractivity contribution in [1.82, 2.24) is 10.2 Å². The molecule has 0 spiro atoms. The first-order valence-electron chi connectivity index (χ1n) is 8.54. The van der Waals surface area contributed by atoms with Crippen molar-refractivity contribution < 1.29 is 0 Å². The Morgan fingerprint density at radius 2 is 2.12 bits per heavy atom. The van der Waals surface area contributed by atoms with Gasteiger partial charge in [-0.15, -0.1) is 11.3 Å². The van der Waals surface area contributed by atoms with Gasteiger partial charge in [0.1, 0.15) is 0 Å². The van der Waals surface area contributed by atoms with E-state index in [4.69, 9.17) is 4.99 Å². The van der Waals surface area contributed by atoms with Gasteiger partial charge in [-0.1, -0.05) is 24.3 Å². The number of hydrogen-bond acceptors (Lipinski definition) is 3. The minimum Gasteiger partial charge on any atom is -0.356 e. The molecule has 1 N–H and O–H groups in total. The maximum atomic E-state index is 4.97. The van der Waals surface area contributed by atoms with Crippen LogP contribution in [0.15, 0.2) is 46.8 Å². The highest BCUT2D eigenvalue weighted by Crippen LogP contribution is 2.28. The van der Waals surface area contributed by atoms with E-state index in [0.717, 1.165) is 32.0 Å². The van der Waals surface area contributed by atoms with Gasteiger partial charge in [0.25, 0.3) is 0 Å². The molecule has 2 aromatic rings. The number of para-hydroxylation sites is 1. The van der Waals surface area contributed by atoms with Crippen LogP contribution in [0.5, 0.6) is 0 Å². The topological polar surface area (TPSA) is 30.9 Å². The molecule has 0 amide bonds. The zero-order valence-corrected chi connectivity index (χ0v) is 15.5. The molecule has 0 saturated heterocycles. The van der Waals surface area contributed by atoms with E-state index in [9.17, 15) is 0 Å². The molecule has 1 unspecified atom stereocenters. The first kappa shape index (κ1) is 17.0. The van der Waals surface area contributed by atoms with Gasteiger partial charge in [0.05, 0.1) is 12.6 Å². The molecule has 0 radical (unpaired) electrons. The van der Waals surface area contributed by atoms with Gasteiger partial charge in [0.15, 0.2) is 5.96 Å². The average Bonchev–Trinajstić information content (AvgIpc) is 3.23. The van der Waals surface area contributed by atoms with E-state index in [-0.39, 0.29) is 0 Å². The van der Waals surface area contributed by atoms with E-state index in [0.29, 0.717) is 6.04 Å². The number of aliphatic imine (C=N–C) groups is 1. The van der Waals surface area contributed by atoms with E-state index >= 15 is 0 Å². The molecular weight excluding hydrogens is 316 g/mol. The van der Waals surface area contributed by atoms with Crippen LogP contribution in [0.25, 0.3) is 0 Å². The lowest BCUT2D eigenvalue weighted by atomic mass is 10.2. The number of hydrogen-bond donors (Lipinski definition) is 1. The van der Waals surface area contributed by atoms with Gasteiger partial charge in [0.2, 0.25) is 0 Å². The van der Waals surface area contributed by atoms with Crippen LogP contribution in [0.3, 0.4) is 0 Å². The predicted octanol–water partition coefficient (Wildman–Crippen LogP) is 3.38. The summed E-state index contributed by atoms with van der Waals surface area (Å²) in [6, 6.07) is 13.3. The van der Waals surface area contributed by atoms with E-state index < -0.39 is 0 Å². The van der Waals surface area contributed by atoms with Gasteiger partial charge < -0.3 is 15.1 Å². The maximum absolute atomic E-state index is 4.97. The Balaban J connectivity index is 1.82.